The molecule has 1 aromatic carbocycles. The predicted molar refractivity (Wildman–Crippen MR) is 76.1 cm³/mol. The number of halogens is 1. The maximum absolute atomic E-state index is 6.73. The molecule has 1 unspecified atom stereocenters. The summed E-state index contributed by atoms with van der Waals surface area (Å²) >= 11 is 6.09. The Balaban J connectivity index is 2.46. The highest BCUT2D eigenvalue weighted by molar-refractivity contribution is 6.32. The van der Waals surface area contributed by atoms with Crippen molar-refractivity contribution in [3.63, 3.8) is 0 Å². The number of nitrogens with two attached hydrogens (primary N) is 1. The number of rotatable bonds is 2. The SMILES string of the molecule is COc1cc(C2(N)CCCCC2(C)C)ccc1Cl. The lowest BCUT2D eigenvalue weighted by atomic mass is 9.61. The molecule has 3 heteroatoms. The Labute approximate surface area is 114 Å². The van der Waals surface area contributed by atoms with Gasteiger partial charge in [0, 0.05) is 5.54 Å². The molecule has 0 radical (unpaired) electrons. The first kappa shape index (κ1) is 13.7. The topological polar surface area (TPSA) is 35.2 Å². The molecule has 0 aromatic heterocycles. The fraction of sp³-hybridized carbons (Fsp3) is 0.600. The van der Waals surface area contributed by atoms with Crippen LogP contribution < -0.4 is 10.5 Å². The Kier molecular flexibility index (Phi) is 3.61. The molecule has 1 aliphatic carbocycles. The molecule has 1 aromatic rings. The molecular formula is C15H22ClNO. The molecule has 0 aliphatic heterocycles. The average molecular weight is 268 g/mol. The summed E-state index contributed by atoms with van der Waals surface area (Å²) in [6.45, 7) is 4.51. The van der Waals surface area contributed by atoms with E-state index in [1.807, 2.05) is 18.2 Å². The molecule has 18 heavy (non-hydrogen) atoms. The maximum Gasteiger partial charge on any atom is 0.137 e. The van der Waals surface area contributed by atoms with E-state index in [-0.39, 0.29) is 11.0 Å². The fourth-order valence-corrected chi connectivity index (χ4v) is 3.20. The highest BCUT2D eigenvalue weighted by Gasteiger charge is 2.44. The zero-order valence-electron chi connectivity index (χ0n) is 11.4. The van der Waals surface area contributed by atoms with Crippen molar-refractivity contribution in [2.24, 2.45) is 11.1 Å². The van der Waals surface area contributed by atoms with E-state index < -0.39 is 0 Å². The Morgan fingerprint density at radius 1 is 1.22 bits per heavy atom. The van der Waals surface area contributed by atoms with Crippen molar-refractivity contribution in [1.82, 2.24) is 0 Å². The van der Waals surface area contributed by atoms with Gasteiger partial charge in [0.15, 0.2) is 0 Å². The summed E-state index contributed by atoms with van der Waals surface area (Å²) in [5.74, 6) is 0.709. The van der Waals surface area contributed by atoms with Gasteiger partial charge in [-0.05, 0) is 36.0 Å². The Bertz CT molecular complexity index is 444. The van der Waals surface area contributed by atoms with Crippen LogP contribution in [-0.4, -0.2) is 7.11 Å². The van der Waals surface area contributed by atoms with E-state index in [1.165, 1.54) is 12.8 Å². The molecule has 2 rings (SSSR count). The molecule has 100 valence electrons. The molecule has 1 saturated carbocycles. The van der Waals surface area contributed by atoms with Gasteiger partial charge in [0.2, 0.25) is 0 Å². The average Bonchev–Trinajstić information content (AvgIpc) is 2.33. The third-order valence-corrected chi connectivity index (χ3v) is 4.81. The molecule has 2 nitrogen and oxygen atoms in total. The first-order chi connectivity index (χ1) is 8.40. The van der Waals surface area contributed by atoms with Gasteiger partial charge in [-0.2, -0.15) is 0 Å². The Hall–Kier alpha value is -0.730. The van der Waals surface area contributed by atoms with Gasteiger partial charge in [0.1, 0.15) is 5.75 Å². The molecule has 1 aliphatic rings. The van der Waals surface area contributed by atoms with E-state index in [0.29, 0.717) is 10.8 Å². The van der Waals surface area contributed by atoms with E-state index in [1.54, 1.807) is 7.11 Å². The Morgan fingerprint density at radius 2 is 1.89 bits per heavy atom. The van der Waals surface area contributed by atoms with E-state index in [0.717, 1.165) is 18.4 Å². The van der Waals surface area contributed by atoms with Crippen LogP contribution >= 0.6 is 11.6 Å². The van der Waals surface area contributed by atoms with Gasteiger partial charge in [-0.15, -0.1) is 0 Å². The molecule has 0 saturated heterocycles. The van der Waals surface area contributed by atoms with Crippen LogP contribution in [0.4, 0.5) is 0 Å². The second-order valence-electron chi connectivity index (χ2n) is 5.91. The molecular weight excluding hydrogens is 246 g/mol. The van der Waals surface area contributed by atoms with Crippen LogP contribution in [0.2, 0.25) is 5.02 Å². The predicted octanol–water partition coefficient (Wildman–Crippen LogP) is 4.10. The lowest BCUT2D eigenvalue weighted by Gasteiger charge is -2.48. The van der Waals surface area contributed by atoms with Gasteiger partial charge in [-0.25, -0.2) is 0 Å². The van der Waals surface area contributed by atoms with Crippen molar-refractivity contribution < 1.29 is 4.74 Å². The number of hydrogen-bond donors (Lipinski definition) is 1. The first-order valence-corrected chi connectivity index (χ1v) is 6.91. The normalized spacial score (nSPS) is 26.9. The van der Waals surface area contributed by atoms with E-state index in [2.05, 4.69) is 13.8 Å². The van der Waals surface area contributed by atoms with Crippen LogP contribution in [0.5, 0.6) is 5.75 Å². The second-order valence-corrected chi connectivity index (χ2v) is 6.32. The molecule has 0 bridgehead atoms. The quantitative estimate of drug-likeness (QED) is 0.875. The number of methoxy groups -OCH3 is 1. The summed E-state index contributed by atoms with van der Waals surface area (Å²) in [6, 6.07) is 5.92. The molecule has 2 N–H and O–H groups in total. The Morgan fingerprint density at radius 3 is 2.50 bits per heavy atom. The van der Waals surface area contributed by atoms with Gasteiger partial charge in [-0.3, -0.25) is 0 Å². The van der Waals surface area contributed by atoms with Gasteiger partial charge in [0.25, 0.3) is 0 Å². The van der Waals surface area contributed by atoms with E-state index in [9.17, 15) is 0 Å². The van der Waals surface area contributed by atoms with E-state index in [4.69, 9.17) is 22.1 Å². The van der Waals surface area contributed by atoms with Gasteiger partial charge in [-0.1, -0.05) is 44.4 Å². The minimum absolute atomic E-state index is 0.101. The molecule has 0 heterocycles. The summed E-state index contributed by atoms with van der Waals surface area (Å²) in [7, 11) is 1.64. The van der Waals surface area contributed by atoms with Crippen LogP contribution in [0.15, 0.2) is 18.2 Å². The first-order valence-electron chi connectivity index (χ1n) is 6.54. The van der Waals surface area contributed by atoms with E-state index >= 15 is 0 Å². The van der Waals surface area contributed by atoms with Crippen molar-refractivity contribution >= 4 is 11.6 Å². The van der Waals surface area contributed by atoms with Crippen molar-refractivity contribution in [1.29, 1.82) is 0 Å². The zero-order valence-corrected chi connectivity index (χ0v) is 12.2. The summed E-state index contributed by atoms with van der Waals surface area (Å²) in [5.41, 5.74) is 7.68. The number of hydrogen-bond acceptors (Lipinski definition) is 2. The number of ether oxygens (including phenoxy) is 1. The van der Waals surface area contributed by atoms with Gasteiger partial charge in [0.05, 0.1) is 12.1 Å². The van der Waals surface area contributed by atoms with Crippen LogP contribution in [0, 0.1) is 5.41 Å². The van der Waals surface area contributed by atoms with Gasteiger partial charge >= 0.3 is 0 Å². The third kappa shape index (κ3) is 2.12. The maximum atomic E-state index is 6.73. The lowest BCUT2D eigenvalue weighted by molar-refractivity contribution is 0.0976. The van der Waals surface area contributed by atoms with Crippen molar-refractivity contribution in [2.45, 2.75) is 45.1 Å². The summed E-state index contributed by atoms with van der Waals surface area (Å²) in [5, 5.41) is 0.637. The second kappa shape index (κ2) is 4.75. The molecule has 1 fully saturated rings. The van der Waals surface area contributed by atoms with Crippen molar-refractivity contribution in [2.75, 3.05) is 7.11 Å². The van der Waals surface area contributed by atoms with Crippen LogP contribution in [0.25, 0.3) is 0 Å². The minimum Gasteiger partial charge on any atom is -0.495 e. The standard InChI is InChI=1S/C15H22ClNO/c1-14(2)8-4-5-9-15(14,17)11-6-7-12(16)13(10-11)18-3/h6-7,10H,4-5,8-9,17H2,1-3H3. The summed E-state index contributed by atoms with van der Waals surface area (Å²) in [6.07, 6.45) is 4.63. The van der Waals surface area contributed by atoms with Crippen molar-refractivity contribution in [3.05, 3.63) is 28.8 Å². The summed E-state index contributed by atoms with van der Waals surface area (Å²) in [4.78, 5) is 0. The highest BCUT2D eigenvalue weighted by atomic mass is 35.5. The molecule has 0 amide bonds. The molecule has 1 atom stereocenters. The van der Waals surface area contributed by atoms with Crippen LogP contribution in [-0.2, 0) is 5.54 Å². The lowest BCUT2D eigenvalue weighted by Crippen LogP contribution is -2.51. The highest BCUT2D eigenvalue weighted by Crippen LogP contribution is 2.49. The smallest absolute Gasteiger partial charge is 0.137 e. The molecule has 0 spiro atoms. The van der Waals surface area contributed by atoms with Crippen LogP contribution in [0.3, 0.4) is 0 Å². The minimum atomic E-state index is -0.289. The fourth-order valence-electron chi connectivity index (χ4n) is 3.00. The van der Waals surface area contributed by atoms with Gasteiger partial charge < -0.3 is 10.5 Å². The summed E-state index contributed by atoms with van der Waals surface area (Å²) < 4.78 is 5.30. The van der Waals surface area contributed by atoms with Crippen LogP contribution in [0.1, 0.15) is 45.1 Å². The number of benzene rings is 1. The largest absolute Gasteiger partial charge is 0.495 e. The zero-order chi connectivity index (χ0) is 13.4. The van der Waals surface area contributed by atoms with Crippen molar-refractivity contribution in [3.8, 4) is 5.75 Å². The third-order valence-electron chi connectivity index (χ3n) is 4.50. The monoisotopic (exact) mass is 267 g/mol.